The van der Waals surface area contributed by atoms with Crippen molar-refractivity contribution in [2.24, 2.45) is 0 Å². The summed E-state index contributed by atoms with van der Waals surface area (Å²) in [6.07, 6.45) is 3.44. The number of anilines is 1. The Bertz CT molecular complexity index is 1240. The van der Waals surface area contributed by atoms with Crippen LogP contribution in [0, 0.1) is 0 Å². The molecule has 0 aliphatic carbocycles. The lowest BCUT2D eigenvalue weighted by molar-refractivity contribution is -0.135. The first kappa shape index (κ1) is 21.0. The van der Waals surface area contributed by atoms with E-state index in [1.807, 2.05) is 48.6 Å². The molecule has 0 saturated heterocycles. The van der Waals surface area contributed by atoms with E-state index >= 15 is 0 Å². The van der Waals surface area contributed by atoms with Gasteiger partial charge in [-0.05, 0) is 29.8 Å². The molecular formula is C27H23NO5. The van der Waals surface area contributed by atoms with Gasteiger partial charge in [-0.1, -0.05) is 60.7 Å². The summed E-state index contributed by atoms with van der Waals surface area (Å²) in [5.74, 6) is 0.215. The van der Waals surface area contributed by atoms with Crippen LogP contribution in [0.15, 0.2) is 78.9 Å². The number of carbonyl (C=O) groups is 2. The van der Waals surface area contributed by atoms with Crippen LogP contribution in [0.3, 0.4) is 0 Å². The Hall–Kier alpha value is -3.90. The van der Waals surface area contributed by atoms with Crippen molar-refractivity contribution in [3.05, 3.63) is 95.6 Å². The molecule has 166 valence electrons. The molecule has 0 fully saturated rings. The number of Topliss-reactive ketones (excluding diaryl/α,β-unsaturated/α-hetero) is 1. The summed E-state index contributed by atoms with van der Waals surface area (Å²) in [5, 5.41) is 11.5. The average molecular weight is 441 g/mol. The highest BCUT2D eigenvalue weighted by Gasteiger charge is 2.50. The van der Waals surface area contributed by atoms with Crippen LogP contribution >= 0.6 is 0 Å². The molecule has 0 aromatic heterocycles. The maximum Gasteiger partial charge on any atom is 0.264 e. The van der Waals surface area contributed by atoms with Crippen LogP contribution in [0.5, 0.6) is 11.5 Å². The molecule has 33 heavy (non-hydrogen) atoms. The Kier molecular flexibility index (Phi) is 5.44. The van der Waals surface area contributed by atoms with Gasteiger partial charge in [0.1, 0.15) is 13.2 Å². The van der Waals surface area contributed by atoms with Crippen molar-refractivity contribution in [2.75, 3.05) is 24.7 Å². The first-order valence-electron chi connectivity index (χ1n) is 10.8. The number of carbonyl (C=O) groups excluding carboxylic acids is 2. The lowest BCUT2D eigenvalue weighted by Crippen LogP contribution is -2.42. The Morgan fingerprint density at radius 3 is 2.52 bits per heavy atom. The molecule has 5 rings (SSSR count). The smallest absolute Gasteiger partial charge is 0.264 e. The summed E-state index contributed by atoms with van der Waals surface area (Å²) in [4.78, 5) is 28.0. The van der Waals surface area contributed by atoms with Crippen LogP contribution < -0.4 is 14.4 Å². The third-order valence-corrected chi connectivity index (χ3v) is 5.92. The van der Waals surface area contributed by atoms with Crippen molar-refractivity contribution in [1.29, 1.82) is 0 Å². The predicted molar refractivity (Wildman–Crippen MR) is 125 cm³/mol. The van der Waals surface area contributed by atoms with Crippen LogP contribution in [-0.2, 0) is 10.4 Å². The number of hydrogen-bond donors (Lipinski definition) is 1. The number of nitrogens with zero attached hydrogens (tertiary/aromatic N) is 1. The molecule has 0 spiro atoms. The molecule has 2 heterocycles. The second-order valence-electron chi connectivity index (χ2n) is 8.06. The van der Waals surface area contributed by atoms with Crippen LogP contribution in [0.4, 0.5) is 5.69 Å². The lowest BCUT2D eigenvalue weighted by Gasteiger charge is -2.23. The molecule has 3 aromatic carbocycles. The molecule has 2 aliphatic heterocycles. The van der Waals surface area contributed by atoms with Crippen molar-refractivity contribution in [3.63, 3.8) is 0 Å². The van der Waals surface area contributed by atoms with Crippen LogP contribution in [-0.4, -0.2) is 36.6 Å². The minimum Gasteiger partial charge on any atom is -0.486 e. The maximum absolute atomic E-state index is 13.4. The summed E-state index contributed by atoms with van der Waals surface area (Å²) in [7, 11) is 0. The van der Waals surface area contributed by atoms with E-state index in [0.29, 0.717) is 41.5 Å². The second kappa shape index (κ2) is 8.56. The molecule has 3 aromatic rings. The molecule has 0 radical (unpaired) electrons. The third kappa shape index (κ3) is 3.90. The minimum atomic E-state index is -1.93. The second-order valence-corrected chi connectivity index (χ2v) is 8.06. The maximum atomic E-state index is 13.4. The molecule has 0 saturated carbocycles. The molecule has 0 bridgehead atoms. The van der Waals surface area contributed by atoms with Gasteiger partial charge < -0.3 is 19.5 Å². The fraction of sp³-hybridized carbons (Fsp3) is 0.185. The zero-order chi connectivity index (χ0) is 22.8. The Morgan fingerprint density at radius 2 is 1.70 bits per heavy atom. The largest absolute Gasteiger partial charge is 0.486 e. The van der Waals surface area contributed by atoms with E-state index in [-0.39, 0.29) is 18.7 Å². The summed E-state index contributed by atoms with van der Waals surface area (Å²) in [6, 6.07) is 21.7. The van der Waals surface area contributed by atoms with Gasteiger partial charge in [-0.15, -0.1) is 0 Å². The van der Waals surface area contributed by atoms with Crippen molar-refractivity contribution in [3.8, 4) is 11.5 Å². The molecule has 1 N–H and O–H groups in total. The van der Waals surface area contributed by atoms with Crippen LogP contribution in [0.2, 0.25) is 0 Å². The molecule has 1 amide bonds. The number of aliphatic hydroxyl groups is 1. The quantitative estimate of drug-likeness (QED) is 0.586. The molecule has 1 unspecified atom stereocenters. The standard InChI is InChI=1S/C27H23NO5/c29-23(20-12-13-24-25(17-20)33-16-15-32-24)18-27(31)21-10-4-5-11-22(21)28(26(27)30)14-6-9-19-7-2-1-3-8-19/h1-13,17,31H,14-16,18H2. The van der Waals surface area contributed by atoms with Gasteiger partial charge in [-0.25, -0.2) is 0 Å². The normalized spacial score (nSPS) is 19.1. The number of fused-ring (bicyclic) bond motifs is 2. The highest BCUT2D eigenvalue weighted by molar-refractivity contribution is 6.11. The fourth-order valence-corrected chi connectivity index (χ4v) is 4.27. The van der Waals surface area contributed by atoms with Gasteiger partial charge in [-0.2, -0.15) is 0 Å². The summed E-state index contributed by atoms with van der Waals surface area (Å²) < 4.78 is 11.1. The van der Waals surface area contributed by atoms with Crippen molar-refractivity contribution >= 4 is 23.5 Å². The SMILES string of the molecule is O=C(CC1(O)C(=O)N(CC=Cc2ccccc2)c2ccccc21)c1ccc2c(c1)OCCO2. The summed E-state index contributed by atoms with van der Waals surface area (Å²) >= 11 is 0. The number of ether oxygens (including phenoxy) is 2. The molecule has 2 aliphatic rings. The van der Waals surface area contributed by atoms with Gasteiger partial charge in [0.05, 0.1) is 12.1 Å². The van der Waals surface area contributed by atoms with Gasteiger partial charge in [0, 0.05) is 17.7 Å². The van der Waals surface area contributed by atoms with E-state index in [4.69, 9.17) is 9.47 Å². The number of benzene rings is 3. The number of rotatable bonds is 6. The Labute approximate surface area is 191 Å². The van der Waals surface area contributed by atoms with E-state index in [1.165, 1.54) is 4.90 Å². The zero-order valence-electron chi connectivity index (χ0n) is 17.9. The van der Waals surface area contributed by atoms with Crippen LogP contribution in [0.1, 0.15) is 27.9 Å². The predicted octanol–water partition coefficient (Wildman–Crippen LogP) is 3.98. The first-order valence-corrected chi connectivity index (χ1v) is 10.8. The van der Waals surface area contributed by atoms with Gasteiger partial charge >= 0.3 is 0 Å². The average Bonchev–Trinajstić information content (AvgIpc) is 3.06. The summed E-state index contributed by atoms with van der Waals surface area (Å²) in [6.45, 7) is 1.15. The lowest BCUT2D eigenvalue weighted by atomic mass is 9.88. The van der Waals surface area contributed by atoms with Gasteiger partial charge in [0.2, 0.25) is 0 Å². The Morgan fingerprint density at radius 1 is 0.970 bits per heavy atom. The highest BCUT2D eigenvalue weighted by atomic mass is 16.6. The Balaban J connectivity index is 1.39. The topological polar surface area (TPSA) is 76.1 Å². The number of ketones is 1. The van der Waals surface area contributed by atoms with Crippen molar-refractivity contribution in [1.82, 2.24) is 0 Å². The van der Waals surface area contributed by atoms with Gasteiger partial charge in [-0.3, -0.25) is 9.59 Å². The number of amides is 1. The van der Waals surface area contributed by atoms with Crippen molar-refractivity contribution in [2.45, 2.75) is 12.0 Å². The summed E-state index contributed by atoms with van der Waals surface area (Å²) in [5.41, 5.74) is 0.496. The van der Waals surface area contributed by atoms with Crippen LogP contribution in [0.25, 0.3) is 6.08 Å². The molecular weight excluding hydrogens is 418 g/mol. The number of para-hydroxylation sites is 1. The molecule has 1 atom stereocenters. The zero-order valence-corrected chi connectivity index (χ0v) is 17.9. The van der Waals surface area contributed by atoms with Gasteiger partial charge in [0.15, 0.2) is 22.9 Å². The van der Waals surface area contributed by atoms with E-state index in [0.717, 1.165) is 5.56 Å². The van der Waals surface area contributed by atoms with E-state index < -0.39 is 11.5 Å². The molecule has 6 heteroatoms. The van der Waals surface area contributed by atoms with Crippen molar-refractivity contribution < 1.29 is 24.2 Å². The number of hydrogen-bond acceptors (Lipinski definition) is 5. The van der Waals surface area contributed by atoms with E-state index in [2.05, 4.69) is 0 Å². The minimum absolute atomic E-state index is 0.283. The monoisotopic (exact) mass is 441 g/mol. The fourth-order valence-electron chi connectivity index (χ4n) is 4.27. The third-order valence-electron chi connectivity index (χ3n) is 5.92. The van der Waals surface area contributed by atoms with E-state index in [1.54, 1.807) is 36.4 Å². The highest BCUT2D eigenvalue weighted by Crippen LogP contribution is 2.43. The first-order chi connectivity index (χ1) is 16.1. The van der Waals surface area contributed by atoms with E-state index in [9.17, 15) is 14.7 Å². The van der Waals surface area contributed by atoms with Gasteiger partial charge in [0.25, 0.3) is 5.91 Å². The molecule has 6 nitrogen and oxygen atoms in total.